The second-order valence-electron chi connectivity index (χ2n) is 6.58. The van der Waals surface area contributed by atoms with Crippen LogP contribution in [0, 0.1) is 5.92 Å². The average Bonchev–Trinajstić information content (AvgIpc) is 3.23. The van der Waals surface area contributed by atoms with Crippen LogP contribution in [0.4, 0.5) is 0 Å². The topological polar surface area (TPSA) is 81.2 Å². The fourth-order valence-electron chi connectivity index (χ4n) is 3.23. The summed E-state index contributed by atoms with van der Waals surface area (Å²) in [5.74, 6) is 0.258. The monoisotopic (exact) mass is 384 g/mol. The molecule has 1 aromatic carbocycles. The van der Waals surface area contributed by atoms with Crippen molar-refractivity contribution >= 4 is 22.4 Å². The molecule has 0 unspecified atom stereocenters. The smallest absolute Gasteiger partial charge is 0.246 e. The molecule has 2 heterocycles. The van der Waals surface area contributed by atoms with Gasteiger partial charge in [-0.3, -0.25) is 4.68 Å². The van der Waals surface area contributed by atoms with E-state index in [0.29, 0.717) is 19.6 Å². The molecule has 0 saturated carbocycles. The lowest BCUT2D eigenvalue weighted by Gasteiger charge is -2.16. The molecule has 1 fully saturated rings. The fraction of sp³-hybridized carbons (Fsp3) is 0.471. The molecule has 0 aliphatic carbocycles. The van der Waals surface area contributed by atoms with E-state index in [4.69, 9.17) is 5.73 Å². The normalized spacial score (nSPS) is 21.4. The highest BCUT2D eigenvalue weighted by atomic mass is 35.5. The lowest BCUT2D eigenvalue weighted by Crippen LogP contribution is -2.29. The molecule has 138 valence electrons. The Kier molecular flexibility index (Phi) is 6.26. The molecule has 2 aromatic rings. The lowest BCUT2D eigenvalue weighted by atomic mass is 9.89. The summed E-state index contributed by atoms with van der Waals surface area (Å²) in [6.45, 7) is 5.31. The number of nitrogens with zero attached hydrogens (tertiary/aromatic N) is 3. The number of sulfonamides is 1. The maximum absolute atomic E-state index is 12.9. The highest BCUT2D eigenvalue weighted by molar-refractivity contribution is 7.89. The van der Waals surface area contributed by atoms with Crippen molar-refractivity contribution < 1.29 is 8.42 Å². The van der Waals surface area contributed by atoms with Gasteiger partial charge in [0.15, 0.2) is 0 Å². The first kappa shape index (κ1) is 19.9. The third kappa shape index (κ3) is 3.89. The van der Waals surface area contributed by atoms with E-state index in [-0.39, 0.29) is 35.2 Å². The van der Waals surface area contributed by atoms with Crippen LogP contribution < -0.4 is 5.73 Å². The second-order valence-corrected chi connectivity index (χ2v) is 8.52. The Morgan fingerprint density at radius 2 is 1.92 bits per heavy atom. The molecule has 6 nitrogen and oxygen atoms in total. The molecular weight excluding hydrogens is 360 g/mol. The number of hydrogen-bond donors (Lipinski definition) is 1. The number of rotatable bonds is 5. The van der Waals surface area contributed by atoms with Crippen LogP contribution in [0.15, 0.2) is 47.6 Å². The third-order valence-electron chi connectivity index (χ3n) is 4.68. The van der Waals surface area contributed by atoms with Crippen LogP contribution in [0.3, 0.4) is 0 Å². The molecule has 0 amide bonds. The van der Waals surface area contributed by atoms with E-state index in [1.165, 1.54) is 6.20 Å². The van der Waals surface area contributed by atoms with Gasteiger partial charge in [-0.15, -0.1) is 12.4 Å². The van der Waals surface area contributed by atoms with E-state index in [1.807, 2.05) is 44.2 Å². The van der Waals surface area contributed by atoms with Gasteiger partial charge in [-0.1, -0.05) is 30.3 Å². The quantitative estimate of drug-likeness (QED) is 0.857. The lowest BCUT2D eigenvalue weighted by molar-refractivity contribution is 0.458. The molecule has 2 atom stereocenters. The molecular formula is C17H25ClN4O2S. The van der Waals surface area contributed by atoms with Gasteiger partial charge in [0.2, 0.25) is 10.0 Å². The van der Waals surface area contributed by atoms with Gasteiger partial charge in [0.05, 0.1) is 6.20 Å². The van der Waals surface area contributed by atoms with Gasteiger partial charge in [-0.25, -0.2) is 8.42 Å². The molecule has 25 heavy (non-hydrogen) atoms. The number of hydrogen-bond acceptors (Lipinski definition) is 4. The number of aromatic nitrogens is 2. The number of benzene rings is 1. The zero-order valence-corrected chi connectivity index (χ0v) is 16.1. The first-order valence-corrected chi connectivity index (χ1v) is 9.66. The van der Waals surface area contributed by atoms with Crippen molar-refractivity contribution in [1.82, 2.24) is 14.1 Å². The van der Waals surface area contributed by atoms with Crippen molar-refractivity contribution in [3.8, 4) is 0 Å². The molecule has 0 spiro atoms. The van der Waals surface area contributed by atoms with E-state index < -0.39 is 10.0 Å². The summed E-state index contributed by atoms with van der Waals surface area (Å²) in [4.78, 5) is 0.251. The molecule has 1 aliphatic rings. The first-order valence-electron chi connectivity index (χ1n) is 8.22. The minimum absolute atomic E-state index is 0. The highest BCUT2D eigenvalue weighted by Crippen LogP contribution is 2.35. The van der Waals surface area contributed by atoms with E-state index in [0.717, 1.165) is 5.56 Å². The maximum Gasteiger partial charge on any atom is 0.246 e. The van der Waals surface area contributed by atoms with Crippen LogP contribution >= 0.6 is 12.4 Å². The van der Waals surface area contributed by atoms with Crippen LogP contribution in [-0.2, 0) is 10.0 Å². The molecule has 1 aromatic heterocycles. The minimum atomic E-state index is -3.54. The molecule has 0 bridgehead atoms. The van der Waals surface area contributed by atoms with Crippen LogP contribution in [0.25, 0.3) is 0 Å². The second kappa shape index (κ2) is 7.86. The van der Waals surface area contributed by atoms with Crippen LogP contribution in [0.1, 0.15) is 31.4 Å². The van der Waals surface area contributed by atoms with Crippen molar-refractivity contribution in [2.45, 2.75) is 30.7 Å². The van der Waals surface area contributed by atoms with E-state index >= 15 is 0 Å². The van der Waals surface area contributed by atoms with Gasteiger partial charge >= 0.3 is 0 Å². The summed E-state index contributed by atoms with van der Waals surface area (Å²) in [5, 5.41) is 4.16. The summed E-state index contributed by atoms with van der Waals surface area (Å²) in [5.41, 5.74) is 7.05. The van der Waals surface area contributed by atoms with Crippen molar-refractivity contribution in [3.63, 3.8) is 0 Å². The zero-order chi connectivity index (χ0) is 17.3. The van der Waals surface area contributed by atoms with E-state index in [2.05, 4.69) is 5.10 Å². The average molecular weight is 385 g/mol. The van der Waals surface area contributed by atoms with E-state index in [9.17, 15) is 8.42 Å². The Morgan fingerprint density at radius 1 is 1.24 bits per heavy atom. The molecule has 0 radical (unpaired) electrons. The summed E-state index contributed by atoms with van der Waals surface area (Å²) in [7, 11) is -3.54. The zero-order valence-electron chi connectivity index (χ0n) is 14.4. The Morgan fingerprint density at radius 3 is 2.48 bits per heavy atom. The predicted molar refractivity (Wildman–Crippen MR) is 100 cm³/mol. The van der Waals surface area contributed by atoms with Crippen molar-refractivity contribution in [2.24, 2.45) is 11.7 Å². The predicted octanol–water partition coefficient (Wildman–Crippen LogP) is 2.25. The van der Waals surface area contributed by atoms with Gasteiger partial charge in [0, 0.05) is 31.2 Å². The number of nitrogens with two attached hydrogens (primary N) is 1. The standard InChI is InChI=1S/C17H24N4O2S.ClH/c1-13(2)21-11-16(9-19-21)24(22,23)20-10-15(8-18)17(12-20)14-6-4-3-5-7-14;/h3-7,9,11,13,15,17H,8,10,12,18H2,1-2H3;1H/t15-,17+;/m1./s1. The highest BCUT2D eigenvalue weighted by Gasteiger charge is 2.39. The Bertz CT molecular complexity index is 792. The van der Waals surface area contributed by atoms with E-state index in [1.54, 1.807) is 15.2 Å². The van der Waals surface area contributed by atoms with Crippen molar-refractivity contribution in [1.29, 1.82) is 0 Å². The molecule has 3 rings (SSSR count). The first-order chi connectivity index (χ1) is 11.4. The Hall–Kier alpha value is -1.41. The van der Waals surface area contributed by atoms with Crippen molar-refractivity contribution in [3.05, 3.63) is 48.3 Å². The largest absolute Gasteiger partial charge is 0.330 e. The van der Waals surface area contributed by atoms with Crippen LogP contribution in [-0.4, -0.2) is 42.1 Å². The third-order valence-corrected chi connectivity index (χ3v) is 6.47. The molecule has 2 N–H and O–H groups in total. The van der Waals surface area contributed by atoms with Gasteiger partial charge in [-0.2, -0.15) is 9.40 Å². The molecule has 1 saturated heterocycles. The molecule has 8 heteroatoms. The number of halogens is 1. The summed E-state index contributed by atoms with van der Waals surface area (Å²) in [6.07, 6.45) is 3.04. The summed E-state index contributed by atoms with van der Waals surface area (Å²) < 4.78 is 29.1. The van der Waals surface area contributed by atoms with Gasteiger partial charge in [-0.05, 0) is 31.9 Å². The van der Waals surface area contributed by atoms with Gasteiger partial charge in [0.25, 0.3) is 0 Å². The maximum atomic E-state index is 12.9. The van der Waals surface area contributed by atoms with Crippen molar-refractivity contribution in [2.75, 3.05) is 19.6 Å². The fourth-order valence-corrected chi connectivity index (χ4v) is 4.69. The minimum Gasteiger partial charge on any atom is -0.330 e. The van der Waals surface area contributed by atoms with Gasteiger partial charge < -0.3 is 5.73 Å². The van der Waals surface area contributed by atoms with Gasteiger partial charge in [0.1, 0.15) is 4.90 Å². The Balaban J connectivity index is 0.00000225. The SMILES string of the molecule is CC(C)n1cc(S(=O)(=O)N2C[C@@H](CN)[C@H](c3ccccc3)C2)cn1.Cl. The van der Waals surface area contributed by atoms with Crippen LogP contribution in [0.2, 0.25) is 0 Å². The van der Waals surface area contributed by atoms with Crippen LogP contribution in [0.5, 0.6) is 0 Å². The Labute approximate surface area is 155 Å². The summed E-state index contributed by atoms with van der Waals surface area (Å²) in [6, 6.07) is 10.1. The molecule has 1 aliphatic heterocycles. The summed E-state index contributed by atoms with van der Waals surface area (Å²) >= 11 is 0.